The molecule has 0 saturated carbocycles. The quantitative estimate of drug-likeness (QED) is 0.878. The minimum atomic E-state index is 0.157. The standard InChI is InChI=1S/C15H23N5/c1-5-16-12(4)15-17-18-19-20(15)10-13-6-8-14(9-7-13)11(2)3/h6-9,11-12,16H,5,10H2,1-4H3. The Morgan fingerprint density at radius 2 is 1.85 bits per heavy atom. The largest absolute Gasteiger partial charge is 0.308 e. The number of nitrogens with zero attached hydrogens (tertiary/aromatic N) is 4. The summed E-state index contributed by atoms with van der Waals surface area (Å²) in [4.78, 5) is 0. The maximum absolute atomic E-state index is 4.12. The van der Waals surface area contributed by atoms with Crippen LogP contribution in [0, 0.1) is 0 Å². The number of rotatable bonds is 6. The van der Waals surface area contributed by atoms with E-state index in [0.29, 0.717) is 12.5 Å². The van der Waals surface area contributed by atoms with Crippen LogP contribution in [-0.2, 0) is 6.54 Å². The lowest BCUT2D eigenvalue weighted by Crippen LogP contribution is -2.22. The molecule has 1 heterocycles. The van der Waals surface area contributed by atoms with Gasteiger partial charge in [0.15, 0.2) is 5.82 Å². The summed E-state index contributed by atoms with van der Waals surface area (Å²) in [5.74, 6) is 1.43. The van der Waals surface area contributed by atoms with Crippen LogP contribution in [0.15, 0.2) is 24.3 Å². The summed E-state index contributed by atoms with van der Waals surface area (Å²) in [7, 11) is 0. The van der Waals surface area contributed by atoms with Crippen molar-refractivity contribution in [2.75, 3.05) is 6.54 Å². The zero-order valence-electron chi connectivity index (χ0n) is 12.7. The topological polar surface area (TPSA) is 55.6 Å². The van der Waals surface area contributed by atoms with E-state index in [-0.39, 0.29) is 6.04 Å². The molecule has 1 aromatic carbocycles. The van der Waals surface area contributed by atoms with Gasteiger partial charge in [0, 0.05) is 0 Å². The predicted molar refractivity (Wildman–Crippen MR) is 79.5 cm³/mol. The third-order valence-electron chi connectivity index (χ3n) is 3.44. The lowest BCUT2D eigenvalue weighted by Gasteiger charge is -2.12. The minimum absolute atomic E-state index is 0.157. The Morgan fingerprint density at radius 3 is 2.45 bits per heavy atom. The number of hydrogen-bond donors (Lipinski definition) is 1. The predicted octanol–water partition coefficient (Wildman–Crippen LogP) is 2.52. The molecule has 0 spiro atoms. The molecule has 2 aromatic rings. The van der Waals surface area contributed by atoms with Crippen molar-refractivity contribution < 1.29 is 0 Å². The van der Waals surface area contributed by atoms with Crippen LogP contribution in [0.25, 0.3) is 0 Å². The van der Waals surface area contributed by atoms with Crippen molar-refractivity contribution in [2.45, 2.75) is 46.2 Å². The Hall–Kier alpha value is -1.75. The van der Waals surface area contributed by atoms with Crippen LogP contribution in [-0.4, -0.2) is 26.8 Å². The molecule has 0 saturated heterocycles. The van der Waals surface area contributed by atoms with Gasteiger partial charge in [-0.05, 0) is 40.9 Å². The molecule has 0 fully saturated rings. The molecule has 1 aromatic heterocycles. The van der Waals surface area contributed by atoms with E-state index >= 15 is 0 Å². The summed E-state index contributed by atoms with van der Waals surface area (Å²) < 4.78 is 1.86. The number of hydrogen-bond acceptors (Lipinski definition) is 4. The zero-order valence-corrected chi connectivity index (χ0v) is 12.7. The molecule has 0 radical (unpaired) electrons. The Kier molecular flexibility index (Phi) is 4.84. The fraction of sp³-hybridized carbons (Fsp3) is 0.533. The lowest BCUT2D eigenvalue weighted by atomic mass is 10.0. The van der Waals surface area contributed by atoms with Gasteiger partial charge < -0.3 is 5.32 Å². The van der Waals surface area contributed by atoms with Crippen LogP contribution >= 0.6 is 0 Å². The van der Waals surface area contributed by atoms with Gasteiger partial charge in [0.2, 0.25) is 0 Å². The molecule has 1 unspecified atom stereocenters. The molecular weight excluding hydrogens is 250 g/mol. The van der Waals surface area contributed by atoms with Crippen LogP contribution < -0.4 is 5.32 Å². The van der Waals surface area contributed by atoms with E-state index < -0.39 is 0 Å². The van der Waals surface area contributed by atoms with E-state index in [1.54, 1.807) is 0 Å². The molecule has 0 aliphatic heterocycles. The number of benzene rings is 1. The summed E-state index contributed by atoms with van der Waals surface area (Å²) in [6, 6.07) is 8.82. The molecule has 1 N–H and O–H groups in total. The van der Waals surface area contributed by atoms with E-state index in [4.69, 9.17) is 0 Å². The highest BCUT2D eigenvalue weighted by Gasteiger charge is 2.13. The number of aromatic nitrogens is 4. The van der Waals surface area contributed by atoms with Crippen LogP contribution in [0.5, 0.6) is 0 Å². The highest BCUT2D eigenvalue weighted by Crippen LogP contribution is 2.16. The van der Waals surface area contributed by atoms with E-state index in [1.807, 2.05) is 4.68 Å². The second-order valence-electron chi connectivity index (χ2n) is 5.37. The van der Waals surface area contributed by atoms with E-state index in [1.165, 1.54) is 11.1 Å². The molecule has 20 heavy (non-hydrogen) atoms. The monoisotopic (exact) mass is 273 g/mol. The average Bonchev–Trinajstić information content (AvgIpc) is 2.88. The molecule has 0 amide bonds. The highest BCUT2D eigenvalue weighted by molar-refractivity contribution is 5.24. The number of tetrazole rings is 1. The van der Waals surface area contributed by atoms with Crippen molar-refractivity contribution in [1.29, 1.82) is 0 Å². The molecule has 108 valence electrons. The molecule has 0 bridgehead atoms. The van der Waals surface area contributed by atoms with Crippen molar-refractivity contribution in [1.82, 2.24) is 25.5 Å². The van der Waals surface area contributed by atoms with Gasteiger partial charge in [-0.2, -0.15) is 0 Å². The fourth-order valence-corrected chi connectivity index (χ4v) is 2.21. The fourth-order valence-electron chi connectivity index (χ4n) is 2.21. The van der Waals surface area contributed by atoms with Crippen molar-refractivity contribution in [3.63, 3.8) is 0 Å². The van der Waals surface area contributed by atoms with Gasteiger partial charge in [0.1, 0.15) is 0 Å². The second kappa shape index (κ2) is 6.61. The summed E-state index contributed by atoms with van der Waals surface area (Å²) in [5.41, 5.74) is 2.57. The van der Waals surface area contributed by atoms with E-state index in [0.717, 1.165) is 12.4 Å². The summed E-state index contributed by atoms with van der Waals surface area (Å²) in [5, 5.41) is 15.3. The normalized spacial score (nSPS) is 12.8. The molecule has 5 heteroatoms. The van der Waals surface area contributed by atoms with Crippen molar-refractivity contribution in [3.8, 4) is 0 Å². The van der Waals surface area contributed by atoms with Crippen molar-refractivity contribution in [2.24, 2.45) is 0 Å². The molecule has 1 atom stereocenters. The second-order valence-corrected chi connectivity index (χ2v) is 5.37. The lowest BCUT2D eigenvalue weighted by molar-refractivity contribution is 0.516. The van der Waals surface area contributed by atoms with Gasteiger partial charge >= 0.3 is 0 Å². The zero-order chi connectivity index (χ0) is 14.5. The third kappa shape index (κ3) is 3.42. The van der Waals surface area contributed by atoms with Gasteiger partial charge in [-0.15, -0.1) is 5.10 Å². The summed E-state index contributed by atoms with van der Waals surface area (Å²) >= 11 is 0. The molecule has 2 rings (SSSR count). The van der Waals surface area contributed by atoms with Crippen molar-refractivity contribution >= 4 is 0 Å². The summed E-state index contributed by atoms with van der Waals surface area (Å²) in [6.45, 7) is 10.2. The SMILES string of the molecule is CCNC(C)c1nnnn1Cc1ccc(C(C)C)cc1. The Bertz CT molecular complexity index is 529. The maximum Gasteiger partial charge on any atom is 0.168 e. The smallest absolute Gasteiger partial charge is 0.168 e. The highest BCUT2D eigenvalue weighted by atomic mass is 15.5. The first-order chi connectivity index (χ1) is 9.61. The van der Waals surface area contributed by atoms with Crippen LogP contribution in [0.2, 0.25) is 0 Å². The molecular formula is C15H23N5. The Balaban J connectivity index is 2.12. The minimum Gasteiger partial charge on any atom is -0.308 e. The molecule has 5 nitrogen and oxygen atoms in total. The summed E-state index contributed by atoms with van der Waals surface area (Å²) in [6.07, 6.45) is 0. The third-order valence-corrected chi connectivity index (χ3v) is 3.44. The van der Waals surface area contributed by atoms with Crippen LogP contribution in [0.1, 0.15) is 56.6 Å². The van der Waals surface area contributed by atoms with Gasteiger partial charge in [0.05, 0.1) is 12.6 Å². The van der Waals surface area contributed by atoms with Crippen molar-refractivity contribution in [3.05, 3.63) is 41.2 Å². The van der Waals surface area contributed by atoms with Crippen LogP contribution in [0.4, 0.5) is 0 Å². The van der Waals surface area contributed by atoms with Gasteiger partial charge in [0.25, 0.3) is 0 Å². The first-order valence-corrected chi connectivity index (χ1v) is 7.20. The average molecular weight is 273 g/mol. The first kappa shape index (κ1) is 14.7. The molecule has 0 aliphatic rings. The van der Waals surface area contributed by atoms with E-state index in [9.17, 15) is 0 Å². The number of nitrogens with one attached hydrogen (secondary N) is 1. The molecule has 0 aliphatic carbocycles. The Labute approximate surface area is 120 Å². The van der Waals surface area contributed by atoms with Gasteiger partial charge in [-0.1, -0.05) is 45.0 Å². The van der Waals surface area contributed by atoms with Gasteiger partial charge in [-0.25, -0.2) is 4.68 Å². The maximum atomic E-state index is 4.12. The van der Waals surface area contributed by atoms with Crippen LogP contribution in [0.3, 0.4) is 0 Å². The van der Waals surface area contributed by atoms with E-state index in [2.05, 4.69) is 72.8 Å². The Morgan fingerprint density at radius 1 is 1.15 bits per heavy atom. The first-order valence-electron chi connectivity index (χ1n) is 7.20. The van der Waals surface area contributed by atoms with Gasteiger partial charge in [-0.3, -0.25) is 0 Å².